The zero-order valence-corrected chi connectivity index (χ0v) is 17.5. The fourth-order valence-electron chi connectivity index (χ4n) is 3.18. The second-order valence-corrected chi connectivity index (χ2v) is 7.48. The Kier molecular flexibility index (Phi) is 5.87. The quantitative estimate of drug-likeness (QED) is 0.674. The maximum absolute atomic E-state index is 12.9. The van der Waals surface area contributed by atoms with E-state index in [1.54, 1.807) is 10.9 Å². The molecule has 3 aromatic rings. The summed E-state index contributed by atoms with van der Waals surface area (Å²) in [6.45, 7) is 8.04. The van der Waals surface area contributed by atoms with Crippen LogP contribution in [-0.4, -0.2) is 26.2 Å². The van der Waals surface area contributed by atoms with Gasteiger partial charge in [0.2, 0.25) is 5.91 Å². The summed E-state index contributed by atoms with van der Waals surface area (Å²) in [5, 5.41) is 10.1. The maximum atomic E-state index is 12.9. The SMILES string of the molecule is Cc1ccc(C)n1-c1c(C(=O)NCc2cccc(NC(=O)C(C)C)c2)cnn1C. The van der Waals surface area contributed by atoms with E-state index >= 15 is 0 Å². The van der Waals surface area contributed by atoms with E-state index in [2.05, 4.69) is 15.7 Å². The van der Waals surface area contributed by atoms with Gasteiger partial charge in [-0.15, -0.1) is 0 Å². The molecule has 7 nitrogen and oxygen atoms in total. The predicted molar refractivity (Wildman–Crippen MR) is 113 cm³/mol. The first-order valence-electron chi connectivity index (χ1n) is 9.63. The number of rotatable bonds is 6. The van der Waals surface area contributed by atoms with Gasteiger partial charge in [-0.2, -0.15) is 5.10 Å². The largest absolute Gasteiger partial charge is 0.348 e. The number of benzene rings is 1. The first-order valence-corrected chi connectivity index (χ1v) is 9.63. The van der Waals surface area contributed by atoms with E-state index in [1.165, 1.54) is 0 Å². The molecule has 0 unspecified atom stereocenters. The molecular weight excluding hydrogens is 366 g/mol. The van der Waals surface area contributed by atoms with Gasteiger partial charge in [0.1, 0.15) is 11.4 Å². The van der Waals surface area contributed by atoms with Crippen molar-refractivity contribution in [3.63, 3.8) is 0 Å². The highest BCUT2D eigenvalue weighted by Crippen LogP contribution is 2.20. The highest BCUT2D eigenvalue weighted by molar-refractivity contribution is 5.97. The number of carbonyl (C=O) groups excluding carboxylic acids is 2. The molecule has 2 heterocycles. The molecule has 0 aliphatic heterocycles. The minimum absolute atomic E-state index is 0.0383. The molecule has 7 heteroatoms. The topological polar surface area (TPSA) is 81.0 Å². The van der Waals surface area contributed by atoms with Crippen molar-refractivity contribution in [2.45, 2.75) is 34.2 Å². The van der Waals surface area contributed by atoms with Gasteiger partial charge in [0.05, 0.1) is 6.20 Å². The third-order valence-electron chi connectivity index (χ3n) is 4.81. The van der Waals surface area contributed by atoms with Gasteiger partial charge in [-0.05, 0) is 43.7 Å². The van der Waals surface area contributed by atoms with Crippen molar-refractivity contribution >= 4 is 17.5 Å². The molecular formula is C22H27N5O2. The Balaban J connectivity index is 1.75. The lowest BCUT2D eigenvalue weighted by Gasteiger charge is -2.13. The summed E-state index contributed by atoms with van der Waals surface area (Å²) in [5.41, 5.74) is 4.21. The van der Waals surface area contributed by atoms with Crippen LogP contribution in [0.3, 0.4) is 0 Å². The number of aryl methyl sites for hydroxylation is 3. The highest BCUT2D eigenvalue weighted by atomic mass is 16.2. The molecule has 0 saturated heterocycles. The summed E-state index contributed by atoms with van der Waals surface area (Å²) in [7, 11) is 1.83. The van der Waals surface area contributed by atoms with Gasteiger partial charge in [0.25, 0.3) is 5.91 Å². The van der Waals surface area contributed by atoms with E-state index in [-0.39, 0.29) is 17.7 Å². The average Bonchev–Trinajstić information content (AvgIpc) is 3.21. The molecule has 152 valence electrons. The van der Waals surface area contributed by atoms with Crippen molar-refractivity contribution in [1.82, 2.24) is 19.7 Å². The van der Waals surface area contributed by atoms with Crippen molar-refractivity contribution < 1.29 is 9.59 Å². The first-order chi connectivity index (χ1) is 13.8. The second kappa shape index (κ2) is 8.34. The Labute approximate surface area is 170 Å². The van der Waals surface area contributed by atoms with Crippen LogP contribution in [0.15, 0.2) is 42.6 Å². The van der Waals surface area contributed by atoms with Gasteiger partial charge >= 0.3 is 0 Å². The number of hydrogen-bond acceptors (Lipinski definition) is 3. The van der Waals surface area contributed by atoms with Crippen molar-refractivity contribution in [1.29, 1.82) is 0 Å². The van der Waals surface area contributed by atoms with E-state index in [0.29, 0.717) is 12.1 Å². The van der Waals surface area contributed by atoms with Crippen molar-refractivity contribution in [3.8, 4) is 5.82 Å². The standard InChI is InChI=1S/C22H27N5O2/c1-14(2)20(28)25-18-8-6-7-17(11-18)12-23-21(29)19-13-24-26(5)22(19)27-15(3)9-10-16(27)4/h6-11,13-14H,12H2,1-5H3,(H,23,29)(H,25,28). The van der Waals surface area contributed by atoms with E-state index in [4.69, 9.17) is 0 Å². The van der Waals surface area contributed by atoms with Gasteiger partial charge in [-0.25, -0.2) is 0 Å². The Hall–Kier alpha value is -3.35. The number of aromatic nitrogens is 3. The number of anilines is 1. The third kappa shape index (κ3) is 4.39. The first kappa shape index (κ1) is 20.4. The molecule has 1 aromatic carbocycles. The van der Waals surface area contributed by atoms with Gasteiger partial charge in [0, 0.05) is 36.6 Å². The molecule has 2 N–H and O–H groups in total. The summed E-state index contributed by atoms with van der Waals surface area (Å²) in [6, 6.07) is 11.5. The fraction of sp³-hybridized carbons (Fsp3) is 0.318. The van der Waals surface area contributed by atoms with E-state index in [1.807, 2.05) is 75.7 Å². The van der Waals surface area contributed by atoms with Crippen LogP contribution in [0.5, 0.6) is 0 Å². The number of amides is 2. The summed E-state index contributed by atoms with van der Waals surface area (Å²) < 4.78 is 3.72. The normalized spacial score (nSPS) is 11.0. The van der Waals surface area contributed by atoms with Crippen molar-refractivity contribution in [2.24, 2.45) is 13.0 Å². The van der Waals surface area contributed by atoms with E-state index in [9.17, 15) is 9.59 Å². The van der Waals surface area contributed by atoms with Crippen LogP contribution in [0.4, 0.5) is 5.69 Å². The van der Waals surface area contributed by atoms with Gasteiger partial charge < -0.3 is 15.2 Å². The molecule has 0 aliphatic carbocycles. The minimum Gasteiger partial charge on any atom is -0.348 e. The van der Waals surface area contributed by atoms with E-state index < -0.39 is 0 Å². The van der Waals surface area contributed by atoms with E-state index in [0.717, 1.165) is 28.5 Å². The van der Waals surface area contributed by atoms with Crippen LogP contribution >= 0.6 is 0 Å². The van der Waals surface area contributed by atoms with Gasteiger partial charge in [-0.1, -0.05) is 26.0 Å². The Bertz CT molecular complexity index is 1030. The Morgan fingerprint density at radius 3 is 2.45 bits per heavy atom. The summed E-state index contributed by atoms with van der Waals surface area (Å²) >= 11 is 0. The Morgan fingerprint density at radius 1 is 1.10 bits per heavy atom. The van der Waals surface area contributed by atoms with Crippen LogP contribution in [0.2, 0.25) is 0 Å². The average molecular weight is 393 g/mol. The summed E-state index contributed by atoms with van der Waals surface area (Å²) in [6.07, 6.45) is 1.59. The monoisotopic (exact) mass is 393 g/mol. The molecule has 0 bridgehead atoms. The van der Waals surface area contributed by atoms with Crippen molar-refractivity contribution in [3.05, 3.63) is 65.1 Å². The zero-order chi connectivity index (χ0) is 21.1. The van der Waals surface area contributed by atoms with Crippen LogP contribution in [0, 0.1) is 19.8 Å². The van der Waals surface area contributed by atoms with Crippen LogP contribution < -0.4 is 10.6 Å². The molecule has 0 saturated carbocycles. The molecule has 0 aliphatic rings. The lowest BCUT2D eigenvalue weighted by molar-refractivity contribution is -0.118. The molecule has 29 heavy (non-hydrogen) atoms. The van der Waals surface area contributed by atoms with Crippen molar-refractivity contribution in [2.75, 3.05) is 5.32 Å². The molecule has 0 atom stereocenters. The molecule has 2 amide bonds. The third-order valence-corrected chi connectivity index (χ3v) is 4.81. The smallest absolute Gasteiger partial charge is 0.256 e. The number of nitrogens with zero attached hydrogens (tertiary/aromatic N) is 3. The number of nitrogens with one attached hydrogen (secondary N) is 2. The van der Waals surface area contributed by atoms with Crippen LogP contribution in [-0.2, 0) is 18.4 Å². The maximum Gasteiger partial charge on any atom is 0.256 e. The van der Waals surface area contributed by atoms with Gasteiger partial charge in [0.15, 0.2) is 0 Å². The molecule has 0 spiro atoms. The summed E-state index contributed by atoms with van der Waals surface area (Å²) in [4.78, 5) is 24.8. The van der Waals surface area contributed by atoms with Crippen LogP contribution in [0.1, 0.15) is 41.2 Å². The molecule has 0 fully saturated rings. The number of carbonyl (C=O) groups is 2. The van der Waals surface area contributed by atoms with Crippen LogP contribution in [0.25, 0.3) is 5.82 Å². The molecule has 0 radical (unpaired) electrons. The highest BCUT2D eigenvalue weighted by Gasteiger charge is 2.19. The second-order valence-electron chi connectivity index (χ2n) is 7.48. The number of hydrogen-bond donors (Lipinski definition) is 2. The molecule has 3 rings (SSSR count). The molecule has 2 aromatic heterocycles. The summed E-state index contributed by atoms with van der Waals surface area (Å²) in [5.74, 6) is 0.407. The zero-order valence-electron chi connectivity index (χ0n) is 17.5. The lowest BCUT2D eigenvalue weighted by Crippen LogP contribution is -2.24. The minimum atomic E-state index is -0.197. The van der Waals surface area contributed by atoms with Gasteiger partial charge in [-0.3, -0.25) is 14.3 Å². The fourth-order valence-corrected chi connectivity index (χ4v) is 3.18. The lowest BCUT2D eigenvalue weighted by atomic mass is 10.1. The predicted octanol–water partition coefficient (Wildman–Crippen LogP) is 3.35. The Morgan fingerprint density at radius 2 is 1.79 bits per heavy atom.